The summed E-state index contributed by atoms with van der Waals surface area (Å²) in [6.45, 7) is 1.69. The molecule has 1 rings (SSSR count). The molecule has 0 atom stereocenters. The summed E-state index contributed by atoms with van der Waals surface area (Å²) in [5.41, 5.74) is -0.292. The van der Waals surface area contributed by atoms with E-state index < -0.39 is 21.0 Å². The monoisotopic (exact) mass is 263 g/mol. The molecule has 1 heterocycles. The predicted molar refractivity (Wildman–Crippen MR) is 57.1 cm³/mol. The minimum atomic E-state index is -4.10. The van der Waals surface area contributed by atoms with Crippen LogP contribution in [0.2, 0.25) is 0 Å². The van der Waals surface area contributed by atoms with Gasteiger partial charge in [0.1, 0.15) is 0 Å². The molecule has 2 N–H and O–H groups in total. The lowest BCUT2D eigenvalue weighted by Gasteiger charge is -2.03. The Bertz CT molecular complexity index is 534. The Morgan fingerprint density at radius 1 is 1.53 bits per heavy atom. The van der Waals surface area contributed by atoms with Gasteiger partial charge in [-0.15, -0.1) is 5.10 Å². The standard InChI is InChI=1S/C8H13N3O5S/c1-4-16-8(12)5-6(15-3)10-11(2)7(5)17(9,13)14/h4H2,1-3H3,(H2,9,13,14). The van der Waals surface area contributed by atoms with Gasteiger partial charge in [0.2, 0.25) is 5.88 Å². The molecule has 0 spiro atoms. The van der Waals surface area contributed by atoms with E-state index in [-0.39, 0.29) is 18.1 Å². The molecule has 0 unspecified atom stereocenters. The van der Waals surface area contributed by atoms with E-state index in [2.05, 4.69) is 5.10 Å². The van der Waals surface area contributed by atoms with E-state index in [1.54, 1.807) is 6.92 Å². The summed E-state index contributed by atoms with van der Waals surface area (Å²) in [6, 6.07) is 0. The molecule has 9 heteroatoms. The van der Waals surface area contributed by atoms with Crippen molar-refractivity contribution < 1.29 is 22.7 Å². The Morgan fingerprint density at radius 2 is 2.12 bits per heavy atom. The minimum Gasteiger partial charge on any atom is -0.479 e. The molecule has 0 saturated carbocycles. The summed E-state index contributed by atoms with van der Waals surface area (Å²) < 4.78 is 33.2. The molecule has 96 valence electrons. The molecule has 0 aliphatic rings. The zero-order valence-electron chi connectivity index (χ0n) is 9.63. The molecule has 0 bridgehead atoms. The molecule has 1 aromatic heterocycles. The van der Waals surface area contributed by atoms with Gasteiger partial charge in [-0.1, -0.05) is 0 Å². The molecule has 0 aliphatic heterocycles. The third-order valence-electron chi connectivity index (χ3n) is 1.90. The first-order valence-electron chi connectivity index (χ1n) is 4.63. The van der Waals surface area contributed by atoms with Gasteiger partial charge in [0.25, 0.3) is 10.0 Å². The molecule has 0 aromatic carbocycles. The third kappa shape index (κ3) is 2.56. The van der Waals surface area contributed by atoms with Crippen LogP contribution in [0.1, 0.15) is 17.3 Å². The van der Waals surface area contributed by atoms with Gasteiger partial charge in [-0.05, 0) is 6.92 Å². The van der Waals surface area contributed by atoms with Gasteiger partial charge in [-0.3, -0.25) is 4.68 Å². The number of aromatic nitrogens is 2. The van der Waals surface area contributed by atoms with Gasteiger partial charge in [0.05, 0.1) is 13.7 Å². The normalized spacial score (nSPS) is 11.3. The highest BCUT2D eigenvalue weighted by Gasteiger charge is 2.31. The summed E-state index contributed by atoms with van der Waals surface area (Å²) in [7, 11) is -1.50. The second-order valence-corrected chi connectivity index (χ2v) is 4.56. The largest absolute Gasteiger partial charge is 0.479 e. The molecule has 0 amide bonds. The zero-order chi connectivity index (χ0) is 13.2. The lowest BCUT2D eigenvalue weighted by molar-refractivity contribution is 0.0517. The Balaban J connectivity index is 3.49. The Kier molecular flexibility index (Phi) is 3.73. The maximum Gasteiger partial charge on any atom is 0.346 e. The van der Waals surface area contributed by atoms with E-state index in [1.807, 2.05) is 0 Å². The van der Waals surface area contributed by atoms with E-state index >= 15 is 0 Å². The number of ether oxygens (including phenoxy) is 2. The highest BCUT2D eigenvalue weighted by atomic mass is 32.2. The maximum absolute atomic E-state index is 11.6. The van der Waals surface area contributed by atoms with E-state index in [0.717, 1.165) is 4.68 Å². The van der Waals surface area contributed by atoms with Crippen molar-refractivity contribution in [2.45, 2.75) is 11.9 Å². The topological polar surface area (TPSA) is 114 Å². The van der Waals surface area contributed by atoms with Crippen molar-refractivity contribution in [2.24, 2.45) is 12.2 Å². The van der Waals surface area contributed by atoms with Crippen molar-refractivity contribution >= 4 is 16.0 Å². The lowest BCUT2D eigenvalue weighted by atomic mass is 10.3. The molecule has 1 aromatic rings. The Morgan fingerprint density at radius 3 is 2.53 bits per heavy atom. The van der Waals surface area contributed by atoms with E-state index in [9.17, 15) is 13.2 Å². The van der Waals surface area contributed by atoms with Crippen LogP contribution in [0.15, 0.2) is 5.03 Å². The zero-order valence-corrected chi connectivity index (χ0v) is 10.4. The summed E-state index contributed by atoms with van der Waals surface area (Å²) in [6.07, 6.45) is 0. The van der Waals surface area contributed by atoms with Crippen LogP contribution in [0.4, 0.5) is 0 Å². The van der Waals surface area contributed by atoms with Crippen molar-refractivity contribution in [2.75, 3.05) is 13.7 Å². The average molecular weight is 263 g/mol. The summed E-state index contributed by atoms with van der Waals surface area (Å²) >= 11 is 0. The molecular formula is C8H13N3O5S. The number of hydrogen-bond acceptors (Lipinski definition) is 6. The first-order chi connectivity index (χ1) is 7.82. The molecule has 8 nitrogen and oxygen atoms in total. The highest BCUT2D eigenvalue weighted by molar-refractivity contribution is 7.89. The Hall–Kier alpha value is -1.61. The molecule has 17 heavy (non-hydrogen) atoms. The highest BCUT2D eigenvalue weighted by Crippen LogP contribution is 2.24. The van der Waals surface area contributed by atoms with Gasteiger partial charge in [-0.2, -0.15) is 0 Å². The van der Waals surface area contributed by atoms with E-state index in [1.165, 1.54) is 14.2 Å². The number of carbonyl (C=O) groups is 1. The van der Waals surface area contributed by atoms with Crippen LogP contribution in [-0.4, -0.2) is 37.9 Å². The van der Waals surface area contributed by atoms with Crippen molar-refractivity contribution in [3.8, 4) is 5.88 Å². The Labute approximate surface area is 98.4 Å². The van der Waals surface area contributed by atoms with Crippen molar-refractivity contribution in [1.29, 1.82) is 0 Å². The van der Waals surface area contributed by atoms with E-state index in [0.29, 0.717) is 0 Å². The fourth-order valence-electron chi connectivity index (χ4n) is 1.33. The molecular weight excluding hydrogens is 250 g/mol. The number of hydrogen-bond donors (Lipinski definition) is 1. The van der Waals surface area contributed by atoms with Crippen molar-refractivity contribution in [1.82, 2.24) is 9.78 Å². The molecule has 0 aliphatic carbocycles. The fraction of sp³-hybridized carbons (Fsp3) is 0.500. The first-order valence-corrected chi connectivity index (χ1v) is 6.18. The van der Waals surface area contributed by atoms with Crippen LogP contribution in [0.25, 0.3) is 0 Å². The van der Waals surface area contributed by atoms with Gasteiger partial charge >= 0.3 is 5.97 Å². The number of rotatable bonds is 4. The minimum absolute atomic E-state index is 0.0982. The number of methoxy groups -OCH3 is 1. The van der Waals surface area contributed by atoms with Crippen molar-refractivity contribution in [3.63, 3.8) is 0 Å². The number of nitrogens with zero attached hydrogens (tertiary/aromatic N) is 2. The summed E-state index contributed by atoms with van der Waals surface area (Å²) in [5.74, 6) is -0.989. The second kappa shape index (κ2) is 4.72. The van der Waals surface area contributed by atoms with Gasteiger partial charge in [0.15, 0.2) is 10.6 Å². The maximum atomic E-state index is 11.6. The van der Waals surface area contributed by atoms with Crippen LogP contribution in [0.3, 0.4) is 0 Å². The van der Waals surface area contributed by atoms with E-state index in [4.69, 9.17) is 14.6 Å². The number of sulfonamides is 1. The summed E-state index contributed by atoms with van der Waals surface area (Å²) in [5, 5.41) is 8.30. The number of esters is 1. The lowest BCUT2D eigenvalue weighted by Crippen LogP contribution is -2.20. The predicted octanol–water partition coefficient (Wildman–Crippen LogP) is -0.747. The first kappa shape index (κ1) is 13.5. The third-order valence-corrected chi connectivity index (χ3v) is 2.91. The van der Waals surface area contributed by atoms with Crippen LogP contribution < -0.4 is 9.88 Å². The summed E-state index contributed by atoms with van der Waals surface area (Å²) in [4.78, 5) is 11.6. The number of carbonyl (C=O) groups excluding carboxylic acids is 1. The second-order valence-electron chi connectivity index (χ2n) is 3.08. The molecule has 0 radical (unpaired) electrons. The average Bonchev–Trinajstić information content (AvgIpc) is 2.54. The van der Waals surface area contributed by atoms with Crippen LogP contribution in [-0.2, 0) is 21.8 Å². The quantitative estimate of drug-likeness (QED) is 0.715. The number of aryl methyl sites for hydroxylation is 1. The van der Waals surface area contributed by atoms with Crippen LogP contribution >= 0.6 is 0 Å². The van der Waals surface area contributed by atoms with Gasteiger partial charge in [-0.25, -0.2) is 18.4 Å². The molecule has 0 fully saturated rings. The van der Waals surface area contributed by atoms with Crippen molar-refractivity contribution in [3.05, 3.63) is 5.56 Å². The van der Waals surface area contributed by atoms with Crippen LogP contribution in [0, 0.1) is 0 Å². The number of primary sulfonamides is 1. The van der Waals surface area contributed by atoms with Crippen LogP contribution in [0.5, 0.6) is 5.88 Å². The smallest absolute Gasteiger partial charge is 0.346 e. The SMILES string of the molecule is CCOC(=O)c1c(OC)nn(C)c1S(N)(=O)=O. The van der Waals surface area contributed by atoms with Gasteiger partial charge < -0.3 is 9.47 Å². The fourth-order valence-corrected chi connectivity index (χ4v) is 2.20. The van der Waals surface area contributed by atoms with Gasteiger partial charge in [0, 0.05) is 7.05 Å². The number of nitrogens with two attached hydrogens (primary N) is 1. The molecule has 0 saturated heterocycles.